The first kappa shape index (κ1) is 12.9. The Morgan fingerprint density at radius 3 is 2.71 bits per heavy atom. The van der Waals surface area contributed by atoms with Crippen molar-refractivity contribution in [3.8, 4) is 11.1 Å². The van der Waals surface area contributed by atoms with Gasteiger partial charge in [-0.15, -0.1) is 0 Å². The summed E-state index contributed by atoms with van der Waals surface area (Å²) < 4.78 is 4.95. The van der Waals surface area contributed by atoms with E-state index in [1.54, 1.807) is 11.8 Å². The van der Waals surface area contributed by atoms with Gasteiger partial charge in [0.15, 0.2) is 0 Å². The summed E-state index contributed by atoms with van der Waals surface area (Å²) in [6, 6.07) is 15.4. The van der Waals surface area contributed by atoms with Crippen LogP contribution in [0.1, 0.15) is 0 Å². The molecule has 0 bridgehead atoms. The van der Waals surface area contributed by atoms with E-state index in [1.165, 1.54) is 36.6 Å². The Kier molecular flexibility index (Phi) is 3.01. The molecule has 0 aliphatic heterocycles. The average molecular weight is 311 g/mol. The van der Waals surface area contributed by atoms with E-state index in [0.29, 0.717) is 0 Å². The summed E-state index contributed by atoms with van der Waals surface area (Å²) in [6.07, 6.45) is 4.12. The van der Waals surface area contributed by atoms with Crippen LogP contribution in [0.15, 0.2) is 53.0 Å². The molecule has 1 N–H and O–H groups in total. The third-order valence-corrected chi connectivity index (χ3v) is 6.22. The molecular weight excluding hydrogens is 296 g/mol. The molecule has 0 fully saturated rings. The van der Waals surface area contributed by atoms with E-state index in [-0.39, 0.29) is 0 Å². The van der Waals surface area contributed by atoms with E-state index in [0.717, 1.165) is 0 Å². The Bertz CT molecular complexity index is 950. The second-order valence-corrected chi connectivity index (χ2v) is 7.18. The quantitative estimate of drug-likeness (QED) is 0.424. The summed E-state index contributed by atoms with van der Waals surface area (Å²) in [7, 11) is 2.14. The Balaban J connectivity index is 1.89. The Morgan fingerprint density at radius 1 is 1.05 bits per heavy atom. The van der Waals surface area contributed by atoms with Crippen molar-refractivity contribution < 1.29 is 4.57 Å². The highest BCUT2D eigenvalue weighted by Crippen LogP contribution is 2.31. The molecule has 0 atom stereocenters. The lowest BCUT2D eigenvalue weighted by Gasteiger charge is -2.01. The first-order valence-electron chi connectivity index (χ1n) is 6.80. The fourth-order valence-corrected chi connectivity index (χ4v) is 4.62. The standard InChI is InChI=1S/C17H15N2S2/c1-19-15-6-4-12(10-16(15)21-17(19)20-2)11-3-5-14-13(9-11)7-8-18-14/h3-10,18H,1-2H3/q+1. The van der Waals surface area contributed by atoms with Crippen LogP contribution in [0.25, 0.3) is 32.2 Å². The molecule has 0 aliphatic carbocycles. The number of thiazole rings is 1. The van der Waals surface area contributed by atoms with Gasteiger partial charge in [-0.25, -0.2) is 0 Å². The Labute approximate surface area is 131 Å². The predicted molar refractivity (Wildman–Crippen MR) is 92.1 cm³/mol. The lowest BCUT2D eigenvalue weighted by atomic mass is 10.0. The van der Waals surface area contributed by atoms with E-state index < -0.39 is 0 Å². The largest absolute Gasteiger partial charge is 0.361 e. The number of hydrogen-bond acceptors (Lipinski definition) is 2. The molecule has 0 saturated carbocycles. The zero-order valence-corrected chi connectivity index (χ0v) is 13.5. The van der Waals surface area contributed by atoms with E-state index in [9.17, 15) is 0 Å². The summed E-state index contributed by atoms with van der Waals surface area (Å²) >= 11 is 3.66. The summed E-state index contributed by atoms with van der Waals surface area (Å²) in [6.45, 7) is 0. The predicted octanol–water partition coefficient (Wildman–Crippen LogP) is 4.60. The van der Waals surface area contributed by atoms with Gasteiger partial charge in [-0.3, -0.25) is 0 Å². The molecule has 4 aromatic rings. The zero-order chi connectivity index (χ0) is 14.4. The van der Waals surface area contributed by atoms with Crippen molar-refractivity contribution in [1.29, 1.82) is 0 Å². The monoisotopic (exact) mass is 311 g/mol. The highest BCUT2D eigenvalue weighted by molar-refractivity contribution is 8.00. The van der Waals surface area contributed by atoms with Crippen molar-refractivity contribution in [2.24, 2.45) is 7.05 Å². The molecule has 0 saturated heterocycles. The fourth-order valence-electron chi connectivity index (χ4n) is 2.72. The van der Waals surface area contributed by atoms with Crippen LogP contribution >= 0.6 is 23.1 Å². The van der Waals surface area contributed by atoms with Crippen molar-refractivity contribution in [1.82, 2.24) is 4.98 Å². The van der Waals surface area contributed by atoms with Gasteiger partial charge >= 0.3 is 0 Å². The molecule has 2 nitrogen and oxygen atoms in total. The van der Waals surface area contributed by atoms with Crippen LogP contribution in [-0.4, -0.2) is 11.2 Å². The lowest BCUT2D eigenvalue weighted by molar-refractivity contribution is -0.676. The molecule has 104 valence electrons. The number of nitrogens with zero attached hydrogens (tertiary/aromatic N) is 1. The minimum Gasteiger partial charge on any atom is -0.361 e. The number of H-pyrrole nitrogens is 1. The number of fused-ring (bicyclic) bond motifs is 2. The number of thioether (sulfide) groups is 1. The van der Waals surface area contributed by atoms with Crippen LogP contribution in [0, 0.1) is 0 Å². The Hall–Kier alpha value is -1.78. The van der Waals surface area contributed by atoms with Crippen LogP contribution in [0.3, 0.4) is 0 Å². The molecule has 2 aromatic carbocycles. The number of rotatable bonds is 2. The highest BCUT2D eigenvalue weighted by atomic mass is 32.2. The van der Waals surface area contributed by atoms with Gasteiger partial charge in [0.05, 0.1) is 0 Å². The van der Waals surface area contributed by atoms with Crippen LogP contribution < -0.4 is 4.57 Å². The number of hydrogen-bond donors (Lipinski definition) is 1. The highest BCUT2D eigenvalue weighted by Gasteiger charge is 2.16. The molecule has 21 heavy (non-hydrogen) atoms. The number of aromatic nitrogens is 2. The SMILES string of the molecule is CSc1sc2cc(-c3ccc4[nH]ccc4c3)ccc2[n+]1C. The van der Waals surface area contributed by atoms with Gasteiger partial charge in [-0.2, -0.15) is 4.57 Å². The van der Waals surface area contributed by atoms with Crippen molar-refractivity contribution in [3.63, 3.8) is 0 Å². The second-order valence-electron chi connectivity index (χ2n) is 5.09. The molecule has 4 rings (SSSR count). The van der Waals surface area contributed by atoms with Gasteiger partial charge in [-0.05, 0) is 64.9 Å². The van der Waals surface area contributed by atoms with Crippen LogP contribution in [0.2, 0.25) is 0 Å². The zero-order valence-electron chi connectivity index (χ0n) is 11.9. The average Bonchev–Trinajstić information content (AvgIpc) is 3.10. The molecule has 0 aliphatic rings. The molecule has 0 radical (unpaired) electrons. The van der Waals surface area contributed by atoms with Crippen molar-refractivity contribution in [2.45, 2.75) is 4.34 Å². The molecule has 2 heterocycles. The number of nitrogens with one attached hydrogen (secondary N) is 1. The summed E-state index contributed by atoms with van der Waals surface area (Å²) in [5.74, 6) is 0. The summed E-state index contributed by atoms with van der Waals surface area (Å²) in [4.78, 5) is 3.24. The molecule has 2 aromatic heterocycles. The third-order valence-electron chi connectivity index (χ3n) is 3.85. The number of benzene rings is 2. The maximum Gasteiger partial charge on any atom is 0.297 e. The van der Waals surface area contributed by atoms with E-state index in [2.05, 4.69) is 65.3 Å². The van der Waals surface area contributed by atoms with Crippen LogP contribution in [-0.2, 0) is 7.05 Å². The van der Waals surface area contributed by atoms with E-state index in [1.807, 2.05) is 17.5 Å². The fraction of sp³-hybridized carbons (Fsp3) is 0.118. The van der Waals surface area contributed by atoms with Gasteiger partial charge in [0.1, 0.15) is 11.7 Å². The van der Waals surface area contributed by atoms with Crippen LogP contribution in [0.4, 0.5) is 0 Å². The van der Waals surface area contributed by atoms with Crippen molar-refractivity contribution in [2.75, 3.05) is 6.26 Å². The van der Waals surface area contributed by atoms with Gasteiger partial charge in [0, 0.05) is 17.8 Å². The molecule has 0 unspecified atom stereocenters. The Morgan fingerprint density at radius 2 is 1.86 bits per heavy atom. The maximum atomic E-state index is 3.24. The summed E-state index contributed by atoms with van der Waals surface area (Å²) in [5, 5.41) is 1.26. The second kappa shape index (κ2) is 4.90. The molecule has 0 spiro atoms. The van der Waals surface area contributed by atoms with Gasteiger partial charge in [0.2, 0.25) is 5.52 Å². The van der Waals surface area contributed by atoms with Gasteiger partial charge in [-0.1, -0.05) is 17.4 Å². The van der Waals surface area contributed by atoms with Gasteiger partial charge < -0.3 is 4.98 Å². The number of aryl methyl sites for hydroxylation is 1. The van der Waals surface area contributed by atoms with E-state index >= 15 is 0 Å². The third kappa shape index (κ3) is 2.06. The van der Waals surface area contributed by atoms with E-state index in [4.69, 9.17) is 0 Å². The minimum absolute atomic E-state index is 1.19. The normalized spacial score (nSPS) is 11.5. The minimum atomic E-state index is 1.19. The van der Waals surface area contributed by atoms with Crippen LogP contribution in [0.5, 0.6) is 0 Å². The van der Waals surface area contributed by atoms with Crippen molar-refractivity contribution in [3.05, 3.63) is 48.7 Å². The lowest BCUT2D eigenvalue weighted by Crippen LogP contribution is -2.27. The van der Waals surface area contributed by atoms with Crippen molar-refractivity contribution >= 4 is 44.2 Å². The van der Waals surface area contributed by atoms with Gasteiger partial charge in [0.25, 0.3) is 4.34 Å². The number of aromatic amines is 1. The first-order chi connectivity index (χ1) is 10.3. The maximum absolute atomic E-state index is 3.24. The molecular formula is C17H15N2S2+. The topological polar surface area (TPSA) is 19.7 Å². The molecule has 4 heteroatoms. The summed E-state index contributed by atoms with van der Waals surface area (Å²) in [5.41, 5.74) is 5.04. The molecule has 0 amide bonds. The first-order valence-corrected chi connectivity index (χ1v) is 8.84. The smallest absolute Gasteiger partial charge is 0.297 e.